The Kier molecular flexibility index (Phi) is 5.50. The van der Waals surface area contributed by atoms with Gasteiger partial charge in [-0.1, -0.05) is 0 Å². The van der Waals surface area contributed by atoms with Crippen molar-refractivity contribution in [3.05, 3.63) is 49.5 Å². The first kappa shape index (κ1) is 16.6. The van der Waals surface area contributed by atoms with Gasteiger partial charge in [0.1, 0.15) is 11.5 Å². The van der Waals surface area contributed by atoms with Gasteiger partial charge >= 0.3 is 0 Å². The number of benzene rings is 1. The third-order valence-corrected chi connectivity index (χ3v) is 4.42. The maximum atomic E-state index is 13.2. The van der Waals surface area contributed by atoms with E-state index in [9.17, 15) is 9.18 Å². The van der Waals surface area contributed by atoms with E-state index in [0.717, 1.165) is 6.54 Å². The smallest absolute Gasteiger partial charge is 0.213 e. The zero-order chi connectivity index (χ0) is 15.6. The van der Waals surface area contributed by atoms with Crippen LogP contribution in [0.3, 0.4) is 0 Å². The molecule has 0 radical (unpaired) electrons. The summed E-state index contributed by atoms with van der Waals surface area (Å²) in [6.07, 6.45) is 1.61. The van der Waals surface area contributed by atoms with Gasteiger partial charge in [0, 0.05) is 15.7 Å². The van der Waals surface area contributed by atoms with Crippen LogP contribution in [0.15, 0.2) is 28.9 Å². The second-order valence-corrected chi connectivity index (χ2v) is 6.84. The molecule has 0 amide bonds. The number of aromatic nitrogens is 2. The van der Waals surface area contributed by atoms with Gasteiger partial charge in [-0.05, 0) is 70.8 Å². The molecule has 0 atom stereocenters. The number of rotatable bonds is 5. The number of hydrogen-bond donors (Lipinski definition) is 0. The standard InChI is InChI=1S/C14H14BrFIN3O/c1-19(2)5-6-20-13(11(15)8-18-20)14(21)10-4-3-9(16)7-12(10)17/h3-4,7-8H,5-6H2,1-2H3. The highest BCUT2D eigenvalue weighted by atomic mass is 127. The fourth-order valence-corrected chi connectivity index (χ4v) is 3.05. The molecule has 0 aliphatic rings. The average Bonchev–Trinajstić information content (AvgIpc) is 2.77. The van der Waals surface area contributed by atoms with Gasteiger partial charge < -0.3 is 4.90 Å². The number of carbonyl (C=O) groups excluding carboxylic acids is 1. The van der Waals surface area contributed by atoms with Crippen molar-refractivity contribution in [1.82, 2.24) is 14.7 Å². The zero-order valence-electron chi connectivity index (χ0n) is 11.6. The third-order valence-electron chi connectivity index (χ3n) is 2.94. The molecule has 0 spiro atoms. The van der Waals surface area contributed by atoms with Crippen molar-refractivity contribution in [3.8, 4) is 0 Å². The molecule has 112 valence electrons. The number of carbonyl (C=O) groups is 1. The van der Waals surface area contributed by atoms with Crippen molar-refractivity contribution in [2.75, 3.05) is 20.6 Å². The van der Waals surface area contributed by atoms with E-state index in [1.165, 1.54) is 18.2 Å². The molecule has 1 aromatic carbocycles. The summed E-state index contributed by atoms with van der Waals surface area (Å²) in [6, 6.07) is 4.15. The third kappa shape index (κ3) is 3.89. The van der Waals surface area contributed by atoms with Crippen LogP contribution in [0.25, 0.3) is 0 Å². The van der Waals surface area contributed by atoms with Crippen molar-refractivity contribution in [2.24, 2.45) is 0 Å². The van der Waals surface area contributed by atoms with Gasteiger partial charge in [0.25, 0.3) is 0 Å². The summed E-state index contributed by atoms with van der Waals surface area (Å²) < 4.78 is 16.1. The fourth-order valence-electron chi connectivity index (χ4n) is 1.85. The summed E-state index contributed by atoms with van der Waals surface area (Å²) in [4.78, 5) is 14.7. The van der Waals surface area contributed by atoms with Crippen LogP contribution in [0.1, 0.15) is 16.1 Å². The molecular formula is C14H14BrFIN3O. The van der Waals surface area contributed by atoms with Crippen LogP contribution in [0.5, 0.6) is 0 Å². The molecule has 0 bridgehead atoms. The quantitative estimate of drug-likeness (QED) is 0.502. The summed E-state index contributed by atoms with van der Waals surface area (Å²) in [5.41, 5.74) is 0.964. The summed E-state index contributed by atoms with van der Waals surface area (Å²) in [6.45, 7) is 1.38. The van der Waals surface area contributed by atoms with Gasteiger partial charge in [0.15, 0.2) is 0 Å². The number of halogens is 3. The average molecular weight is 466 g/mol. The van der Waals surface area contributed by atoms with E-state index >= 15 is 0 Å². The van der Waals surface area contributed by atoms with Gasteiger partial charge in [-0.15, -0.1) is 0 Å². The summed E-state index contributed by atoms with van der Waals surface area (Å²) in [7, 11) is 3.92. The number of ketones is 1. The monoisotopic (exact) mass is 465 g/mol. The van der Waals surface area contributed by atoms with Crippen molar-refractivity contribution in [1.29, 1.82) is 0 Å². The van der Waals surface area contributed by atoms with Crippen molar-refractivity contribution in [3.63, 3.8) is 0 Å². The molecule has 0 fully saturated rings. The Morgan fingerprint density at radius 1 is 1.48 bits per heavy atom. The molecule has 0 aliphatic carbocycles. The fraction of sp³-hybridized carbons (Fsp3) is 0.286. The molecule has 21 heavy (non-hydrogen) atoms. The van der Waals surface area contributed by atoms with E-state index in [4.69, 9.17) is 0 Å². The Labute approximate surface area is 144 Å². The first-order valence-electron chi connectivity index (χ1n) is 6.26. The predicted molar refractivity (Wildman–Crippen MR) is 91.0 cm³/mol. The molecule has 0 unspecified atom stereocenters. The number of likely N-dealkylation sites (N-methyl/N-ethyl adjacent to an activating group) is 1. The van der Waals surface area contributed by atoms with Crippen LogP contribution in [0, 0.1) is 9.39 Å². The van der Waals surface area contributed by atoms with Crippen molar-refractivity contribution in [2.45, 2.75) is 6.54 Å². The number of hydrogen-bond acceptors (Lipinski definition) is 3. The lowest BCUT2D eigenvalue weighted by atomic mass is 10.1. The topological polar surface area (TPSA) is 38.1 Å². The van der Waals surface area contributed by atoms with E-state index in [2.05, 4.69) is 21.0 Å². The molecule has 0 saturated carbocycles. The second kappa shape index (κ2) is 6.97. The highest BCUT2D eigenvalue weighted by Crippen LogP contribution is 2.23. The highest BCUT2D eigenvalue weighted by Gasteiger charge is 2.21. The molecule has 0 saturated heterocycles. The summed E-state index contributed by atoms with van der Waals surface area (Å²) in [5, 5.41) is 4.23. The van der Waals surface area contributed by atoms with E-state index in [1.54, 1.807) is 10.9 Å². The SMILES string of the molecule is CN(C)CCn1ncc(Br)c1C(=O)c1ccc(F)cc1I. The van der Waals surface area contributed by atoms with Gasteiger partial charge in [0.05, 0.1) is 17.2 Å². The minimum Gasteiger partial charge on any atom is -0.308 e. The van der Waals surface area contributed by atoms with Crippen LogP contribution in [-0.2, 0) is 6.54 Å². The van der Waals surface area contributed by atoms with Crippen LogP contribution in [0.4, 0.5) is 4.39 Å². The van der Waals surface area contributed by atoms with Crippen molar-refractivity contribution < 1.29 is 9.18 Å². The van der Waals surface area contributed by atoms with Gasteiger partial charge in [-0.3, -0.25) is 9.48 Å². The minimum atomic E-state index is -0.351. The Hall–Kier alpha value is -0.800. The Morgan fingerprint density at radius 2 is 2.19 bits per heavy atom. The van der Waals surface area contributed by atoms with E-state index < -0.39 is 0 Å². The molecule has 0 aliphatic heterocycles. The summed E-state index contributed by atoms with van der Waals surface area (Å²) in [5.74, 6) is -0.515. The molecule has 1 heterocycles. The van der Waals surface area contributed by atoms with Gasteiger partial charge in [-0.2, -0.15) is 5.10 Å². The molecular weight excluding hydrogens is 452 g/mol. The number of nitrogens with zero attached hydrogens (tertiary/aromatic N) is 3. The molecule has 2 aromatic rings. The Morgan fingerprint density at radius 3 is 2.81 bits per heavy atom. The van der Waals surface area contributed by atoms with Crippen molar-refractivity contribution >= 4 is 44.3 Å². The Bertz CT molecular complexity index is 672. The van der Waals surface area contributed by atoms with Crippen LogP contribution < -0.4 is 0 Å². The minimum absolute atomic E-state index is 0.164. The molecule has 7 heteroatoms. The normalized spacial score (nSPS) is 11.1. The lowest BCUT2D eigenvalue weighted by Crippen LogP contribution is -2.22. The van der Waals surface area contributed by atoms with Crippen LogP contribution >= 0.6 is 38.5 Å². The lowest BCUT2D eigenvalue weighted by molar-refractivity contribution is 0.102. The first-order valence-corrected chi connectivity index (χ1v) is 8.13. The first-order chi connectivity index (χ1) is 9.90. The zero-order valence-corrected chi connectivity index (χ0v) is 15.4. The maximum absolute atomic E-state index is 13.2. The Balaban J connectivity index is 2.36. The van der Waals surface area contributed by atoms with Crippen LogP contribution in [-0.4, -0.2) is 41.1 Å². The molecule has 2 rings (SSSR count). The molecule has 0 N–H and O–H groups in total. The van der Waals surface area contributed by atoms with Gasteiger partial charge in [0.2, 0.25) is 5.78 Å². The second-order valence-electron chi connectivity index (χ2n) is 4.82. The maximum Gasteiger partial charge on any atom is 0.213 e. The van der Waals surface area contributed by atoms with E-state index in [-0.39, 0.29) is 11.6 Å². The van der Waals surface area contributed by atoms with E-state index in [1.807, 2.05) is 41.6 Å². The van der Waals surface area contributed by atoms with Gasteiger partial charge in [-0.25, -0.2) is 4.39 Å². The molecule has 4 nitrogen and oxygen atoms in total. The van der Waals surface area contributed by atoms with E-state index in [0.29, 0.717) is 25.8 Å². The largest absolute Gasteiger partial charge is 0.308 e. The summed E-state index contributed by atoms with van der Waals surface area (Å²) >= 11 is 5.33. The molecule has 1 aromatic heterocycles. The highest BCUT2D eigenvalue weighted by molar-refractivity contribution is 14.1. The lowest BCUT2D eigenvalue weighted by Gasteiger charge is -2.12. The predicted octanol–water partition coefficient (Wildman–Crippen LogP) is 3.18. The van der Waals surface area contributed by atoms with Crippen LogP contribution in [0.2, 0.25) is 0 Å².